The second-order valence-electron chi connectivity index (χ2n) is 13.9. The average Bonchev–Trinajstić information content (AvgIpc) is 3.12. The first-order valence-corrected chi connectivity index (χ1v) is 18.7. The number of rotatable bonds is 13. The number of carbonyl (C=O) groups is 4. The van der Waals surface area contributed by atoms with Crippen LogP contribution in [0.2, 0.25) is 0 Å². The summed E-state index contributed by atoms with van der Waals surface area (Å²) in [6, 6.07) is 15.7. The van der Waals surface area contributed by atoms with Gasteiger partial charge in [0.2, 0.25) is 0 Å². The first kappa shape index (κ1) is 41.5. The Kier molecular flexibility index (Phi) is 13.3. The lowest BCUT2D eigenvalue weighted by atomic mass is 9.64. The SMILES string of the molecule is CCOC(=O)c1cc(CC(c2cc(C)c(C)c(C(=O)OCC)c2)(c2cc(C)c(C)c(C(=O)OCC)c2)c2cc(C)c(C)c(C(=O)OCC)c2)cc(C)c1C. The van der Waals surface area contributed by atoms with Crippen LogP contribution in [-0.4, -0.2) is 50.3 Å². The summed E-state index contributed by atoms with van der Waals surface area (Å²) >= 11 is 0. The van der Waals surface area contributed by atoms with E-state index in [0.717, 1.165) is 66.8 Å². The van der Waals surface area contributed by atoms with Gasteiger partial charge in [-0.3, -0.25) is 0 Å². The Labute approximate surface area is 320 Å². The molecule has 4 aromatic rings. The van der Waals surface area contributed by atoms with E-state index in [4.69, 9.17) is 18.9 Å². The molecule has 0 fully saturated rings. The summed E-state index contributed by atoms with van der Waals surface area (Å²) in [5.41, 5.74) is 10.2. The number of esters is 4. The third-order valence-corrected chi connectivity index (χ3v) is 10.7. The van der Waals surface area contributed by atoms with Crippen LogP contribution < -0.4 is 0 Å². The molecular weight excluding hydrogens is 680 g/mol. The monoisotopic (exact) mass is 734 g/mol. The van der Waals surface area contributed by atoms with Crippen LogP contribution >= 0.6 is 0 Å². The lowest BCUT2D eigenvalue weighted by molar-refractivity contribution is 0.0515. The first-order chi connectivity index (χ1) is 25.5. The molecule has 0 saturated heterocycles. The van der Waals surface area contributed by atoms with E-state index in [1.807, 2.05) is 79.7 Å². The van der Waals surface area contributed by atoms with Gasteiger partial charge in [0.25, 0.3) is 0 Å². The van der Waals surface area contributed by atoms with E-state index in [1.54, 1.807) is 27.7 Å². The van der Waals surface area contributed by atoms with Gasteiger partial charge in [0.05, 0.1) is 48.7 Å². The van der Waals surface area contributed by atoms with E-state index in [1.165, 1.54) is 0 Å². The van der Waals surface area contributed by atoms with E-state index in [0.29, 0.717) is 22.3 Å². The minimum Gasteiger partial charge on any atom is -0.462 e. The van der Waals surface area contributed by atoms with Gasteiger partial charge in [0.15, 0.2) is 0 Å². The van der Waals surface area contributed by atoms with Crippen LogP contribution in [0, 0.1) is 55.4 Å². The normalized spacial score (nSPS) is 11.3. The standard InChI is InChI=1S/C46H54O8/c1-13-51-42(47)38-21-34(17-26(5)30(38)9)25-46(35-18-27(6)31(10)39(22-35)43(48)52-14-2,36-19-28(7)32(11)40(23-36)44(49)53-15-3)37-20-29(8)33(12)41(24-37)45(50)54-16-4/h17-24H,13-16,25H2,1-12H3. The Hall–Kier alpha value is -5.24. The first-order valence-electron chi connectivity index (χ1n) is 18.7. The molecule has 4 rings (SSSR count). The molecule has 0 spiro atoms. The van der Waals surface area contributed by atoms with E-state index >= 15 is 0 Å². The number of hydrogen-bond donors (Lipinski definition) is 0. The molecule has 4 aromatic carbocycles. The van der Waals surface area contributed by atoms with Crippen molar-refractivity contribution in [1.29, 1.82) is 0 Å². The predicted molar refractivity (Wildman–Crippen MR) is 211 cm³/mol. The molecule has 0 aromatic heterocycles. The Balaban J connectivity index is 2.32. The minimum absolute atomic E-state index is 0.200. The highest BCUT2D eigenvalue weighted by atomic mass is 16.5. The molecule has 0 saturated carbocycles. The molecule has 0 aliphatic heterocycles. The third kappa shape index (κ3) is 8.13. The Morgan fingerprint density at radius 2 is 0.667 bits per heavy atom. The third-order valence-electron chi connectivity index (χ3n) is 10.7. The van der Waals surface area contributed by atoms with E-state index in [2.05, 4.69) is 24.3 Å². The van der Waals surface area contributed by atoms with Crippen molar-refractivity contribution in [2.24, 2.45) is 0 Å². The molecule has 0 amide bonds. The highest BCUT2D eigenvalue weighted by Crippen LogP contribution is 2.46. The zero-order valence-electron chi connectivity index (χ0n) is 33.9. The predicted octanol–water partition coefficient (Wildman–Crippen LogP) is 9.44. The molecule has 54 heavy (non-hydrogen) atoms. The molecule has 0 unspecified atom stereocenters. The number of ether oxygens (including phenoxy) is 4. The number of hydrogen-bond acceptors (Lipinski definition) is 8. The summed E-state index contributed by atoms with van der Waals surface area (Å²) in [6.45, 7) is 23.3. The van der Waals surface area contributed by atoms with Gasteiger partial charge in [-0.05, 0) is 181 Å². The molecule has 8 heteroatoms. The van der Waals surface area contributed by atoms with E-state index in [9.17, 15) is 19.2 Å². The fraction of sp³-hybridized carbons (Fsp3) is 0.391. The zero-order valence-corrected chi connectivity index (χ0v) is 33.9. The van der Waals surface area contributed by atoms with Crippen molar-refractivity contribution in [3.63, 3.8) is 0 Å². The van der Waals surface area contributed by atoms with Crippen molar-refractivity contribution in [2.45, 2.75) is 94.9 Å². The summed E-state index contributed by atoms with van der Waals surface area (Å²) in [6.07, 6.45) is 0.265. The lowest BCUT2D eigenvalue weighted by Gasteiger charge is -2.39. The van der Waals surface area contributed by atoms with Gasteiger partial charge in [-0.15, -0.1) is 0 Å². The van der Waals surface area contributed by atoms with Crippen molar-refractivity contribution >= 4 is 23.9 Å². The number of aryl methyl sites for hydroxylation is 4. The van der Waals surface area contributed by atoms with Crippen molar-refractivity contribution in [2.75, 3.05) is 26.4 Å². The van der Waals surface area contributed by atoms with Gasteiger partial charge in [-0.1, -0.05) is 24.3 Å². The Morgan fingerprint density at radius 3 is 0.944 bits per heavy atom. The van der Waals surface area contributed by atoms with Crippen LogP contribution in [0.1, 0.15) is 136 Å². The van der Waals surface area contributed by atoms with Crippen LogP contribution in [0.4, 0.5) is 0 Å². The van der Waals surface area contributed by atoms with Gasteiger partial charge in [-0.2, -0.15) is 0 Å². The summed E-state index contributed by atoms with van der Waals surface area (Å²) in [5.74, 6) is -1.79. The molecule has 0 heterocycles. The van der Waals surface area contributed by atoms with Gasteiger partial charge >= 0.3 is 23.9 Å². The van der Waals surface area contributed by atoms with Gasteiger partial charge in [0.1, 0.15) is 0 Å². The minimum atomic E-state index is -1.16. The van der Waals surface area contributed by atoms with Crippen LogP contribution in [0.5, 0.6) is 0 Å². The molecule has 286 valence electrons. The highest BCUT2D eigenvalue weighted by Gasteiger charge is 2.40. The second-order valence-corrected chi connectivity index (χ2v) is 13.9. The van der Waals surface area contributed by atoms with E-state index < -0.39 is 29.3 Å². The van der Waals surface area contributed by atoms with Crippen LogP contribution in [-0.2, 0) is 30.8 Å². The van der Waals surface area contributed by atoms with Crippen LogP contribution in [0.15, 0.2) is 48.5 Å². The lowest BCUT2D eigenvalue weighted by Crippen LogP contribution is -2.34. The molecule has 0 N–H and O–H groups in total. The molecule has 0 radical (unpaired) electrons. The largest absolute Gasteiger partial charge is 0.462 e. The van der Waals surface area contributed by atoms with Crippen molar-refractivity contribution < 1.29 is 38.1 Å². The summed E-state index contributed by atoms with van der Waals surface area (Å²) in [5, 5.41) is 0. The maximum absolute atomic E-state index is 13.6. The maximum atomic E-state index is 13.6. The fourth-order valence-electron chi connectivity index (χ4n) is 7.15. The molecular formula is C46H54O8. The molecule has 0 aliphatic rings. The van der Waals surface area contributed by atoms with Crippen LogP contribution in [0.3, 0.4) is 0 Å². The van der Waals surface area contributed by atoms with Crippen molar-refractivity contribution in [1.82, 2.24) is 0 Å². The quantitative estimate of drug-likeness (QED) is 0.0760. The molecule has 0 bridgehead atoms. The number of benzene rings is 4. The van der Waals surface area contributed by atoms with E-state index in [-0.39, 0.29) is 32.8 Å². The summed E-state index contributed by atoms with van der Waals surface area (Å²) in [7, 11) is 0. The maximum Gasteiger partial charge on any atom is 0.338 e. The Bertz CT molecular complexity index is 1930. The Morgan fingerprint density at radius 1 is 0.407 bits per heavy atom. The smallest absolute Gasteiger partial charge is 0.338 e. The van der Waals surface area contributed by atoms with Crippen LogP contribution in [0.25, 0.3) is 0 Å². The summed E-state index contributed by atoms with van der Waals surface area (Å²) in [4.78, 5) is 54.2. The van der Waals surface area contributed by atoms with Crippen molar-refractivity contribution in [3.05, 3.63) is 138 Å². The fourth-order valence-corrected chi connectivity index (χ4v) is 7.15. The topological polar surface area (TPSA) is 105 Å². The van der Waals surface area contributed by atoms with Gasteiger partial charge in [-0.25, -0.2) is 19.2 Å². The molecule has 0 aliphatic carbocycles. The highest BCUT2D eigenvalue weighted by molar-refractivity contribution is 5.94. The number of carbonyl (C=O) groups excluding carboxylic acids is 4. The van der Waals surface area contributed by atoms with Gasteiger partial charge < -0.3 is 18.9 Å². The summed E-state index contributed by atoms with van der Waals surface area (Å²) < 4.78 is 22.2. The van der Waals surface area contributed by atoms with Crippen molar-refractivity contribution in [3.8, 4) is 0 Å². The van der Waals surface area contributed by atoms with Gasteiger partial charge in [0, 0.05) is 5.41 Å². The molecule has 0 atom stereocenters. The second kappa shape index (κ2) is 17.3. The average molecular weight is 735 g/mol. The zero-order chi connectivity index (χ0) is 40.1. The molecule has 8 nitrogen and oxygen atoms in total.